The molecule has 0 amide bonds. The third-order valence-electron chi connectivity index (χ3n) is 2.76. The van der Waals surface area contributed by atoms with E-state index in [0.717, 1.165) is 19.3 Å². The van der Waals surface area contributed by atoms with Gasteiger partial charge >= 0.3 is 0 Å². The molecule has 0 aromatic heterocycles. The van der Waals surface area contributed by atoms with Crippen LogP contribution in [0.2, 0.25) is 0 Å². The van der Waals surface area contributed by atoms with Crippen LogP contribution in [0.4, 0.5) is 0 Å². The zero-order valence-electron chi connectivity index (χ0n) is 9.11. The van der Waals surface area contributed by atoms with E-state index in [1.165, 1.54) is 5.56 Å². The Labute approximate surface area is 86.8 Å². The summed E-state index contributed by atoms with van der Waals surface area (Å²) in [6.45, 7) is 4.25. The molecule has 1 rings (SSSR count). The number of aliphatic hydroxyl groups is 1. The summed E-state index contributed by atoms with van der Waals surface area (Å²) in [5.74, 6) is 0.253. The van der Waals surface area contributed by atoms with E-state index in [2.05, 4.69) is 26.0 Å². The molecule has 0 unspecified atom stereocenters. The first-order valence-electron chi connectivity index (χ1n) is 5.48. The number of benzene rings is 1. The number of unbranched alkanes of at least 4 members (excludes halogenated alkanes) is 1. The minimum absolute atomic E-state index is 0.197. The highest BCUT2D eigenvalue weighted by molar-refractivity contribution is 5.19. The van der Waals surface area contributed by atoms with Crippen molar-refractivity contribution in [3.05, 3.63) is 35.9 Å². The van der Waals surface area contributed by atoms with E-state index >= 15 is 0 Å². The molecule has 0 saturated heterocycles. The average molecular weight is 192 g/mol. The van der Waals surface area contributed by atoms with Gasteiger partial charge in [0, 0.05) is 5.92 Å². The summed E-state index contributed by atoms with van der Waals surface area (Å²) in [6.07, 6.45) is 2.97. The average Bonchev–Trinajstić information content (AvgIpc) is 2.26. The van der Waals surface area contributed by atoms with Crippen molar-refractivity contribution in [1.29, 1.82) is 0 Å². The highest BCUT2D eigenvalue weighted by Gasteiger charge is 2.14. The zero-order valence-corrected chi connectivity index (χ0v) is 9.11. The van der Waals surface area contributed by atoms with E-state index in [-0.39, 0.29) is 12.0 Å². The fourth-order valence-corrected chi connectivity index (χ4v) is 1.64. The lowest BCUT2D eigenvalue weighted by molar-refractivity contribution is 0.137. The SMILES string of the molecule is CCCC[C@H](O)[C@@H](C)c1ccccc1. The van der Waals surface area contributed by atoms with Gasteiger partial charge in [0.1, 0.15) is 0 Å². The molecule has 0 aliphatic carbocycles. The quantitative estimate of drug-likeness (QED) is 0.758. The van der Waals surface area contributed by atoms with Crippen molar-refractivity contribution in [1.82, 2.24) is 0 Å². The van der Waals surface area contributed by atoms with E-state index < -0.39 is 0 Å². The molecule has 0 radical (unpaired) electrons. The summed E-state index contributed by atoms with van der Waals surface area (Å²) in [5, 5.41) is 9.90. The molecular formula is C13H20O. The molecule has 1 aromatic rings. The van der Waals surface area contributed by atoms with Crippen LogP contribution in [0.1, 0.15) is 44.6 Å². The van der Waals surface area contributed by atoms with Crippen molar-refractivity contribution in [2.45, 2.75) is 45.1 Å². The van der Waals surface area contributed by atoms with Gasteiger partial charge in [-0.05, 0) is 12.0 Å². The van der Waals surface area contributed by atoms with E-state index in [9.17, 15) is 5.11 Å². The first-order valence-corrected chi connectivity index (χ1v) is 5.48. The van der Waals surface area contributed by atoms with Crippen molar-refractivity contribution in [2.24, 2.45) is 0 Å². The van der Waals surface area contributed by atoms with Gasteiger partial charge in [-0.1, -0.05) is 57.0 Å². The van der Waals surface area contributed by atoms with Crippen molar-refractivity contribution in [2.75, 3.05) is 0 Å². The minimum atomic E-state index is -0.197. The Morgan fingerprint density at radius 1 is 1.21 bits per heavy atom. The van der Waals surface area contributed by atoms with Crippen LogP contribution in [0, 0.1) is 0 Å². The Morgan fingerprint density at radius 2 is 1.86 bits per heavy atom. The third-order valence-corrected chi connectivity index (χ3v) is 2.76. The van der Waals surface area contributed by atoms with Crippen LogP contribution < -0.4 is 0 Å². The zero-order chi connectivity index (χ0) is 10.4. The maximum Gasteiger partial charge on any atom is 0.0606 e. The second-order valence-electron chi connectivity index (χ2n) is 3.91. The molecule has 0 fully saturated rings. The van der Waals surface area contributed by atoms with E-state index in [1.54, 1.807) is 0 Å². The molecule has 1 heteroatoms. The highest BCUT2D eigenvalue weighted by Crippen LogP contribution is 2.21. The normalized spacial score (nSPS) is 15.1. The summed E-state index contributed by atoms with van der Waals surface area (Å²) >= 11 is 0. The predicted molar refractivity (Wildman–Crippen MR) is 60.4 cm³/mol. The lowest BCUT2D eigenvalue weighted by atomic mass is 9.92. The summed E-state index contributed by atoms with van der Waals surface area (Å²) in [7, 11) is 0. The van der Waals surface area contributed by atoms with Gasteiger partial charge in [-0.25, -0.2) is 0 Å². The predicted octanol–water partition coefficient (Wildman–Crippen LogP) is 3.34. The first-order chi connectivity index (χ1) is 6.75. The summed E-state index contributed by atoms with van der Waals surface area (Å²) < 4.78 is 0. The number of rotatable bonds is 5. The van der Waals surface area contributed by atoms with Crippen molar-refractivity contribution >= 4 is 0 Å². The summed E-state index contributed by atoms with van der Waals surface area (Å²) in [5.41, 5.74) is 1.23. The van der Waals surface area contributed by atoms with E-state index in [1.807, 2.05) is 18.2 Å². The van der Waals surface area contributed by atoms with Gasteiger partial charge in [0.25, 0.3) is 0 Å². The molecular weight excluding hydrogens is 172 g/mol. The van der Waals surface area contributed by atoms with Gasteiger partial charge < -0.3 is 5.11 Å². The first kappa shape index (κ1) is 11.3. The van der Waals surface area contributed by atoms with Gasteiger partial charge in [-0.2, -0.15) is 0 Å². The second-order valence-corrected chi connectivity index (χ2v) is 3.91. The lowest BCUT2D eigenvalue weighted by Crippen LogP contribution is -2.15. The van der Waals surface area contributed by atoms with Gasteiger partial charge in [0.15, 0.2) is 0 Å². The molecule has 0 bridgehead atoms. The number of hydrogen-bond donors (Lipinski definition) is 1. The van der Waals surface area contributed by atoms with Crippen LogP contribution in [0.3, 0.4) is 0 Å². The lowest BCUT2D eigenvalue weighted by Gasteiger charge is -2.18. The van der Waals surface area contributed by atoms with Crippen molar-refractivity contribution < 1.29 is 5.11 Å². The van der Waals surface area contributed by atoms with Crippen LogP contribution in [-0.4, -0.2) is 11.2 Å². The molecule has 0 aliphatic rings. The van der Waals surface area contributed by atoms with Crippen LogP contribution in [0.15, 0.2) is 30.3 Å². The molecule has 1 N–H and O–H groups in total. The fourth-order valence-electron chi connectivity index (χ4n) is 1.64. The van der Waals surface area contributed by atoms with Gasteiger partial charge in [0.2, 0.25) is 0 Å². The van der Waals surface area contributed by atoms with Crippen molar-refractivity contribution in [3.63, 3.8) is 0 Å². The molecule has 2 atom stereocenters. The maximum atomic E-state index is 9.90. The van der Waals surface area contributed by atoms with Gasteiger partial charge in [-0.15, -0.1) is 0 Å². The Morgan fingerprint density at radius 3 is 2.43 bits per heavy atom. The van der Waals surface area contributed by atoms with Crippen LogP contribution in [0.5, 0.6) is 0 Å². The van der Waals surface area contributed by atoms with E-state index in [0.29, 0.717) is 0 Å². The molecule has 0 spiro atoms. The van der Waals surface area contributed by atoms with Crippen LogP contribution in [-0.2, 0) is 0 Å². The topological polar surface area (TPSA) is 20.2 Å². The van der Waals surface area contributed by atoms with Crippen molar-refractivity contribution in [3.8, 4) is 0 Å². The summed E-state index contributed by atoms with van der Waals surface area (Å²) in [4.78, 5) is 0. The number of aliphatic hydroxyl groups excluding tert-OH is 1. The fraction of sp³-hybridized carbons (Fsp3) is 0.538. The largest absolute Gasteiger partial charge is 0.393 e. The molecule has 1 nitrogen and oxygen atoms in total. The Balaban J connectivity index is 2.52. The molecule has 14 heavy (non-hydrogen) atoms. The van der Waals surface area contributed by atoms with Crippen LogP contribution in [0.25, 0.3) is 0 Å². The Kier molecular flexibility index (Phi) is 4.68. The van der Waals surface area contributed by atoms with Gasteiger partial charge in [0.05, 0.1) is 6.10 Å². The second kappa shape index (κ2) is 5.82. The Hall–Kier alpha value is -0.820. The Bertz CT molecular complexity index is 243. The summed E-state index contributed by atoms with van der Waals surface area (Å²) in [6, 6.07) is 10.2. The molecule has 0 saturated carbocycles. The smallest absolute Gasteiger partial charge is 0.0606 e. The molecule has 78 valence electrons. The van der Waals surface area contributed by atoms with Gasteiger partial charge in [-0.3, -0.25) is 0 Å². The highest BCUT2D eigenvalue weighted by atomic mass is 16.3. The standard InChI is InChI=1S/C13H20O/c1-3-4-10-13(14)11(2)12-8-6-5-7-9-12/h5-9,11,13-14H,3-4,10H2,1-2H3/t11-,13-/m0/s1. The monoisotopic (exact) mass is 192 g/mol. The minimum Gasteiger partial charge on any atom is -0.393 e. The number of hydrogen-bond acceptors (Lipinski definition) is 1. The maximum absolute atomic E-state index is 9.90. The van der Waals surface area contributed by atoms with E-state index in [4.69, 9.17) is 0 Å². The van der Waals surface area contributed by atoms with Crippen LogP contribution >= 0.6 is 0 Å². The molecule has 0 aliphatic heterocycles. The molecule has 1 aromatic carbocycles. The molecule has 0 heterocycles. The third kappa shape index (κ3) is 3.15.